The largest absolute Gasteiger partial charge is 0.451 e. The number of carbonyl (C=O) groups excluding carboxylic acids is 1. The van der Waals surface area contributed by atoms with Crippen LogP contribution in [0.5, 0.6) is 0 Å². The van der Waals surface area contributed by atoms with E-state index < -0.39 is 5.91 Å². The van der Waals surface area contributed by atoms with Gasteiger partial charge in [0.2, 0.25) is 5.89 Å². The zero-order valence-corrected chi connectivity index (χ0v) is 20.7. The lowest BCUT2D eigenvalue weighted by Gasteiger charge is -2.11. The molecule has 0 aliphatic rings. The van der Waals surface area contributed by atoms with E-state index in [9.17, 15) is 4.79 Å². The molecule has 0 aliphatic heterocycles. The van der Waals surface area contributed by atoms with Gasteiger partial charge in [0.05, 0.1) is 10.7 Å². The Labute approximate surface area is 212 Å². The SMILES string of the molecule is CC[C@@H](C)c1ccc2oc(-c3ccc(Cl)c(NC(=S)NC(=O)c4cc5ccccc5o4)c3)nc2c1. The number of furan rings is 1. The highest BCUT2D eigenvalue weighted by atomic mass is 35.5. The topological polar surface area (TPSA) is 80.3 Å². The minimum absolute atomic E-state index is 0.0882. The van der Waals surface area contributed by atoms with Gasteiger partial charge in [-0.2, -0.15) is 0 Å². The van der Waals surface area contributed by atoms with Gasteiger partial charge in [0, 0.05) is 10.9 Å². The molecule has 8 heteroatoms. The molecule has 0 saturated carbocycles. The first-order valence-corrected chi connectivity index (χ1v) is 12.0. The molecule has 0 bridgehead atoms. The van der Waals surface area contributed by atoms with E-state index in [1.807, 2.05) is 30.3 Å². The third kappa shape index (κ3) is 4.78. The number of thiocarbonyl (C=S) groups is 1. The highest BCUT2D eigenvalue weighted by molar-refractivity contribution is 7.80. The Morgan fingerprint density at radius 2 is 1.89 bits per heavy atom. The summed E-state index contributed by atoms with van der Waals surface area (Å²) in [5.41, 5.74) is 4.61. The standard InChI is InChI=1S/C27H22ClN3O3S/c1-3-15(2)16-9-11-23-21(12-16)29-26(34-23)18-8-10-19(28)20(13-18)30-27(35)31-25(32)24-14-17-6-4-5-7-22(17)33-24/h4-15H,3H2,1-2H3,(H2,30,31,32,35)/t15-/m1/s1. The molecular formula is C27H22ClN3O3S. The van der Waals surface area contributed by atoms with Gasteiger partial charge in [-0.3, -0.25) is 10.1 Å². The zero-order chi connectivity index (χ0) is 24.5. The molecule has 0 aliphatic carbocycles. The van der Waals surface area contributed by atoms with Crippen LogP contribution in [-0.2, 0) is 0 Å². The molecule has 5 rings (SSSR count). The summed E-state index contributed by atoms with van der Waals surface area (Å²) in [6, 6.07) is 20.5. The second kappa shape index (κ2) is 9.52. The highest BCUT2D eigenvalue weighted by Crippen LogP contribution is 2.32. The molecular weight excluding hydrogens is 482 g/mol. The quantitative estimate of drug-likeness (QED) is 0.241. The average Bonchev–Trinajstić information content (AvgIpc) is 3.48. The summed E-state index contributed by atoms with van der Waals surface area (Å²) in [7, 11) is 0. The second-order valence-electron chi connectivity index (χ2n) is 8.31. The maximum Gasteiger partial charge on any atom is 0.293 e. The van der Waals surface area contributed by atoms with Gasteiger partial charge < -0.3 is 14.2 Å². The molecule has 3 aromatic carbocycles. The van der Waals surface area contributed by atoms with Crippen LogP contribution in [0.15, 0.2) is 75.6 Å². The van der Waals surface area contributed by atoms with Gasteiger partial charge in [-0.15, -0.1) is 0 Å². The minimum atomic E-state index is -0.456. The van der Waals surface area contributed by atoms with Crippen molar-refractivity contribution in [1.82, 2.24) is 10.3 Å². The van der Waals surface area contributed by atoms with Gasteiger partial charge in [-0.1, -0.05) is 49.7 Å². The van der Waals surface area contributed by atoms with Gasteiger partial charge in [0.15, 0.2) is 16.5 Å². The minimum Gasteiger partial charge on any atom is -0.451 e. The van der Waals surface area contributed by atoms with E-state index in [0.717, 1.165) is 22.9 Å². The summed E-state index contributed by atoms with van der Waals surface area (Å²) in [6.07, 6.45) is 1.05. The lowest BCUT2D eigenvalue weighted by atomic mass is 9.98. The molecule has 2 N–H and O–H groups in total. The molecule has 5 aromatic rings. The number of hydrogen-bond donors (Lipinski definition) is 2. The maximum absolute atomic E-state index is 12.6. The van der Waals surface area contributed by atoms with Crippen LogP contribution in [0.3, 0.4) is 0 Å². The number of anilines is 1. The molecule has 1 atom stereocenters. The number of hydrogen-bond acceptors (Lipinski definition) is 5. The third-order valence-electron chi connectivity index (χ3n) is 5.93. The number of oxazole rings is 1. The number of carbonyl (C=O) groups is 1. The van der Waals surface area contributed by atoms with Crippen molar-refractivity contribution in [3.8, 4) is 11.5 Å². The normalized spacial score (nSPS) is 12.1. The van der Waals surface area contributed by atoms with Crippen molar-refractivity contribution in [3.63, 3.8) is 0 Å². The predicted molar refractivity (Wildman–Crippen MR) is 143 cm³/mol. The summed E-state index contributed by atoms with van der Waals surface area (Å²) in [6.45, 7) is 4.35. The van der Waals surface area contributed by atoms with Crippen LogP contribution < -0.4 is 10.6 Å². The van der Waals surface area contributed by atoms with Crippen molar-refractivity contribution in [3.05, 3.63) is 83.1 Å². The zero-order valence-electron chi connectivity index (χ0n) is 19.1. The molecule has 35 heavy (non-hydrogen) atoms. The lowest BCUT2D eigenvalue weighted by Crippen LogP contribution is -2.33. The molecule has 0 fully saturated rings. The molecule has 0 radical (unpaired) electrons. The molecule has 1 amide bonds. The second-order valence-corrected chi connectivity index (χ2v) is 9.12. The maximum atomic E-state index is 12.6. The van der Waals surface area contributed by atoms with Crippen molar-refractivity contribution in [2.75, 3.05) is 5.32 Å². The Bertz CT molecular complexity index is 1540. The van der Waals surface area contributed by atoms with Crippen LogP contribution in [0, 0.1) is 0 Å². The van der Waals surface area contributed by atoms with Crippen LogP contribution in [-0.4, -0.2) is 16.0 Å². The molecule has 0 spiro atoms. The number of amides is 1. The Kier molecular flexibility index (Phi) is 6.28. The van der Waals surface area contributed by atoms with E-state index >= 15 is 0 Å². The fourth-order valence-corrected chi connectivity index (χ4v) is 4.14. The number of benzene rings is 3. The molecule has 2 aromatic heterocycles. The first kappa shape index (κ1) is 23.1. The number of fused-ring (bicyclic) bond motifs is 2. The van der Waals surface area contributed by atoms with Crippen molar-refractivity contribution in [1.29, 1.82) is 0 Å². The van der Waals surface area contributed by atoms with E-state index in [1.165, 1.54) is 5.56 Å². The van der Waals surface area contributed by atoms with E-state index in [2.05, 4.69) is 41.6 Å². The van der Waals surface area contributed by atoms with E-state index in [-0.39, 0.29) is 10.9 Å². The van der Waals surface area contributed by atoms with Crippen LogP contribution in [0.25, 0.3) is 33.5 Å². The summed E-state index contributed by atoms with van der Waals surface area (Å²) in [5, 5.41) is 6.96. The Balaban J connectivity index is 1.34. The Morgan fingerprint density at radius 3 is 2.69 bits per heavy atom. The van der Waals surface area contributed by atoms with E-state index in [4.69, 9.17) is 32.7 Å². The van der Waals surface area contributed by atoms with E-state index in [1.54, 1.807) is 24.3 Å². The number of rotatable bonds is 5. The monoisotopic (exact) mass is 503 g/mol. The Morgan fingerprint density at radius 1 is 1.06 bits per heavy atom. The van der Waals surface area contributed by atoms with Crippen LogP contribution in [0.1, 0.15) is 42.3 Å². The summed E-state index contributed by atoms with van der Waals surface area (Å²) >= 11 is 11.7. The van der Waals surface area contributed by atoms with Crippen molar-refractivity contribution >= 4 is 62.6 Å². The number of nitrogens with one attached hydrogen (secondary N) is 2. The highest BCUT2D eigenvalue weighted by Gasteiger charge is 2.16. The average molecular weight is 504 g/mol. The number of halogens is 1. The molecule has 2 heterocycles. The van der Waals surface area contributed by atoms with Crippen molar-refractivity contribution < 1.29 is 13.6 Å². The number of para-hydroxylation sites is 1. The predicted octanol–water partition coefficient (Wildman–Crippen LogP) is 7.53. The molecule has 176 valence electrons. The van der Waals surface area contributed by atoms with Gasteiger partial charge in [-0.25, -0.2) is 4.98 Å². The first-order chi connectivity index (χ1) is 16.9. The summed E-state index contributed by atoms with van der Waals surface area (Å²) in [4.78, 5) is 17.3. The van der Waals surface area contributed by atoms with Crippen LogP contribution in [0.2, 0.25) is 5.02 Å². The van der Waals surface area contributed by atoms with Gasteiger partial charge in [0.1, 0.15) is 11.1 Å². The fourth-order valence-electron chi connectivity index (χ4n) is 3.78. The van der Waals surface area contributed by atoms with Gasteiger partial charge >= 0.3 is 0 Å². The fraction of sp³-hybridized carbons (Fsp3) is 0.148. The van der Waals surface area contributed by atoms with Gasteiger partial charge in [0.25, 0.3) is 5.91 Å². The van der Waals surface area contributed by atoms with Crippen LogP contribution >= 0.6 is 23.8 Å². The molecule has 0 unspecified atom stereocenters. The third-order valence-corrected chi connectivity index (χ3v) is 6.46. The summed E-state index contributed by atoms with van der Waals surface area (Å²) in [5.74, 6) is 0.625. The molecule has 6 nitrogen and oxygen atoms in total. The number of nitrogens with zero attached hydrogens (tertiary/aromatic N) is 1. The first-order valence-electron chi connectivity index (χ1n) is 11.2. The van der Waals surface area contributed by atoms with E-state index in [0.29, 0.717) is 33.7 Å². The van der Waals surface area contributed by atoms with Gasteiger partial charge in [-0.05, 0) is 72.6 Å². The van der Waals surface area contributed by atoms with Crippen molar-refractivity contribution in [2.45, 2.75) is 26.2 Å². The Hall–Kier alpha value is -3.68. The smallest absolute Gasteiger partial charge is 0.293 e. The number of aromatic nitrogens is 1. The molecule has 0 saturated heterocycles. The summed E-state index contributed by atoms with van der Waals surface area (Å²) < 4.78 is 11.6. The van der Waals surface area contributed by atoms with Crippen molar-refractivity contribution in [2.24, 2.45) is 0 Å². The van der Waals surface area contributed by atoms with Crippen LogP contribution in [0.4, 0.5) is 5.69 Å². The lowest BCUT2D eigenvalue weighted by molar-refractivity contribution is 0.0953.